The highest BCUT2D eigenvalue weighted by Crippen LogP contribution is 2.33. The van der Waals surface area contributed by atoms with Gasteiger partial charge in [0, 0.05) is 18.3 Å². The van der Waals surface area contributed by atoms with Gasteiger partial charge in [0.1, 0.15) is 0 Å². The Kier molecular flexibility index (Phi) is 4.88. The van der Waals surface area contributed by atoms with Crippen molar-refractivity contribution in [2.45, 2.75) is 34.1 Å². The molecule has 0 aliphatic carbocycles. The van der Waals surface area contributed by atoms with E-state index < -0.39 is 0 Å². The Morgan fingerprint density at radius 1 is 1.06 bits per heavy atom. The third-order valence-electron chi connectivity index (χ3n) is 2.92. The van der Waals surface area contributed by atoms with Gasteiger partial charge in [-0.1, -0.05) is 20.8 Å². The van der Waals surface area contributed by atoms with Crippen LogP contribution in [0.4, 0.5) is 5.69 Å². The molecular formula is C15H25NO2. The molecule has 102 valence electrons. The Balaban J connectivity index is 2.77. The van der Waals surface area contributed by atoms with Gasteiger partial charge in [-0.2, -0.15) is 0 Å². The van der Waals surface area contributed by atoms with Crippen LogP contribution in [-0.2, 0) is 0 Å². The first-order chi connectivity index (χ1) is 8.37. The van der Waals surface area contributed by atoms with Crippen molar-refractivity contribution >= 4 is 5.69 Å². The molecule has 3 heteroatoms. The SMILES string of the molecule is COc1cc(C)c(NCCC(C)(C)C)cc1OC. The van der Waals surface area contributed by atoms with Crippen LogP contribution in [0.2, 0.25) is 0 Å². The predicted molar refractivity (Wildman–Crippen MR) is 76.8 cm³/mol. The van der Waals surface area contributed by atoms with Crippen LogP contribution in [0.1, 0.15) is 32.8 Å². The maximum atomic E-state index is 5.31. The number of aryl methyl sites for hydroxylation is 1. The Morgan fingerprint density at radius 3 is 2.11 bits per heavy atom. The smallest absolute Gasteiger partial charge is 0.162 e. The monoisotopic (exact) mass is 251 g/mol. The first-order valence-electron chi connectivity index (χ1n) is 6.34. The van der Waals surface area contributed by atoms with Gasteiger partial charge in [0.2, 0.25) is 0 Å². The van der Waals surface area contributed by atoms with Crippen LogP contribution in [0.15, 0.2) is 12.1 Å². The number of benzene rings is 1. The van der Waals surface area contributed by atoms with E-state index >= 15 is 0 Å². The number of anilines is 1. The summed E-state index contributed by atoms with van der Waals surface area (Å²) in [6.07, 6.45) is 1.13. The van der Waals surface area contributed by atoms with E-state index in [1.165, 1.54) is 5.56 Å². The highest BCUT2D eigenvalue weighted by Gasteiger charge is 2.11. The average Bonchev–Trinajstić information content (AvgIpc) is 2.29. The predicted octanol–water partition coefficient (Wildman–Crippen LogP) is 3.86. The number of hydrogen-bond acceptors (Lipinski definition) is 3. The molecule has 0 amide bonds. The largest absolute Gasteiger partial charge is 0.493 e. The fraction of sp³-hybridized carbons (Fsp3) is 0.600. The summed E-state index contributed by atoms with van der Waals surface area (Å²) in [6, 6.07) is 4.00. The molecule has 0 aromatic heterocycles. The number of ether oxygens (including phenoxy) is 2. The Morgan fingerprint density at radius 2 is 1.61 bits per heavy atom. The molecule has 0 aliphatic heterocycles. The Bertz CT molecular complexity index is 394. The maximum Gasteiger partial charge on any atom is 0.162 e. The lowest BCUT2D eigenvalue weighted by Gasteiger charge is -2.20. The van der Waals surface area contributed by atoms with Crippen molar-refractivity contribution in [1.29, 1.82) is 0 Å². The van der Waals surface area contributed by atoms with Crippen LogP contribution < -0.4 is 14.8 Å². The summed E-state index contributed by atoms with van der Waals surface area (Å²) < 4.78 is 10.6. The standard InChI is InChI=1S/C15H25NO2/c1-11-9-13(17-5)14(18-6)10-12(11)16-8-7-15(2,3)4/h9-10,16H,7-8H2,1-6H3. The molecule has 0 unspecified atom stereocenters. The van der Waals surface area contributed by atoms with Crippen molar-refractivity contribution in [3.8, 4) is 11.5 Å². The van der Waals surface area contributed by atoms with Crippen molar-refractivity contribution in [3.05, 3.63) is 17.7 Å². The molecule has 0 saturated carbocycles. The van der Waals surface area contributed by atoms with Crippen molar-refractivity contribution in [1.82, 2.24) is 0 Å². The molecule has 0 radical (unpaired) electrons. The van der Waals surface area contributed by atoms with Gasteiger partial charge in [0.15, 0.2) is 11.5 Å². The fourth-order valence-corrected chi connectivity index (χ4v) is 1.74. The van der Waals surface area contributed by atoms with Crippen LogP contribution in [0, 0.1) is 12.3 Å². The second-order valence-electron chi connectivity index (χ2n) is 5.76. The topological polar surface area (TPSA) is 30.5 Å². The third kappa shape index (κ3) is 4.13. The molecule has 18 heavy (non-hydrogen) atoms. The van der Waals surface area contributed by atoms with Crippen LogP contribution in [-0.4, -0.2) is 20.8 Å². The number of hydrogen-bond donors (Lipinski definition) is 1. The summed E-state index contributed by atoms with van der Waals surface area (Å²) in [6.45, 7) is 9.77. The van der Waals surface area contributed by atoms with E-state index in [0.717, 1.165) is 30.2 Å². The second-order valence-corrected chi connectivity index (χ2v) is 5.76. The summed E-state index contributed by atoms with van der Waals surface area (Å²) in [5, 5.41) is 3.46. The lowest BCUT2D eigenvalue weighted by molar-refractivity contribution is 0.355. The molecule has 3 nitrogen and oxygen atoms in total. The normalized spacial score (nSPS) is 11.2. The zero-order chi connectivity index (χ0) is 13.8. The van der Waals surface area contributed by atoms with Gasteiger partial charge in [0.05, 0.1) is 14.2 Å². The van der Waals surface area contributed by atoms with Gasteiger partial charge in [0.25, 0.3) is 0 Å². The van der Waals surface area contributed by atoms with Crippen LogP contribution >= 0.6 is 0 Å². The van der Waals surface area contributed by atoms with Gasteiger partial charge in [-0.3, -0.25) is 0 Å². The van der Waals surface area contributed by atoms with Gasteiger partial charge < -0.3 is 14.8 Å². The minimum absolute atomic E-state index is 0.345. The number of nitrogens with one attached hydrogen (secondary N) is 1. The number of rotatable bonds is 5. The Labute approximate surface area is 110 Å². The maximum absolute atomic E-state index is 5.31. The molecule has 1 N–H and O–H groups in total. The first-order valence-corrected chi connectivity index (χ1v) is 6.34. The molecule has 1 rings (SSSR count). The minimum Gasteiger partial charge on any atom is -0.493 e. The van der Waals surface area contributed by atoms with Crippen molar-refractivity contribution < 1.29 is 9.47 Å². The molecule has 0 spiro atoms. The van der Waals surface area contributed by atoms with Gasteiger partial charge in [-0.05, 0) is 30.4 Å². The van der Waals surface area contributed by atoms with Gasteiger partial charge in [-0.25, -0.2) is 0 Å². The molecule has 0 atom stereocenters. The van der Waals surface area contributed by atoms with Gasteiger partial charge >= 0.3 is 0 Å². The second kappa shape index (κ2) is 5.98. The number of methoxy groups -OCH3 is 2. The van der Waals surface area contributed by atoms with Crippen molar-refractivity contribution in [3.63, 3.8) is 0 Å². The summed E-state index contributed by atoms with van der Waals surface area (Å²) in [5.74, 6) is 1.54. The van der Waals surface area contributed by atoms with E-state index in [1.54, 1.807) is 14.2 Å². The third-order valence-corrected chi connectivity index (χ3v) is 2.92. The average molecular weight is 251 g/mol. The summed E-state index contributed by atoms with van der Waals surface area (Å²) in [5.41, 5.74) is 2.62. The zero-order valence-electron chi connectivity index (χ0n) is 12.4. The van der Waals surface area contributed by atoms with E-state index in [1.807, 2.05) is 12.1 Å². The van der Waals surface area contributed by atoms with E-state index in [2.05, 4.69) is 33.0 Å². The molecule has 0 heterocycles. The van der Waals surface area contributed by atoms with E-state index in [9.17, 15) is 0 Å². The molecular weight excluding hydrogens is 226 g/mol. The van der Waals surface area contributed by atoms with Gasteiger partial charge in [-0.15, -0.1) is 0 Å². The van der Waals surface area contributed by atoms with E-state index in [4.69, 9.17) is 9.47 Å². The fourth-order valence-electron chi connectivity index (χ4n) is 1.74. The summed E-state index contributed by atoms with van der Waals surface area (Å²) in [7, 11) is 3.32. The summed E-state index contributed by atoms with van der Waals surface area (Å²) >= 11 is 0. The molecule has 1 aromatic rings. The molecule has 0 aliphatic rings. The minimum atomic E-state index is 0.345. The summed E-state index contributed by atoms with van der Waals surface area (Å²) in [4.78, 5) is 0. The molecule has 1 aromatic carbocycles. The van der Waals surface area contributed by atoms with Crippen molar-refractivity contribution in [2.24, 2.45) is 5.41 Å². The lowest BCUT2D eigenvalue weighted by atomic mass is 9.92. The first kappa shape index (κ1) is 14.7. The van der Waals surface area contributed by atoms with Crippen LogP contribution in [0.25, 0.3) is 0 Å². The van der Waals surface area contributed by atoms with E-state index in [-0.39, 0.29) is 0 Å². The molecule has 0 saturated heterocycles. The quantitative estimate of drug-likeness (QED) is 0.862. The Hall–Kier alpha value is -1.38. The molecule has 0 bridgehead atoms. The lowest BCUT2D eigenvalue weighted by Crippen LogP contribution is -2.13. The zero-order valence-corrected chi connectivity index (χ0v) is 12.4. The van der Waals surface area contributed by atoms with Crippen LogP contribution in [0.5, 0.6) is 11.5 Å². The molecule has 0 fully saturated rings. The van der Waals surface area contributed by atoms with E-state index in [0.29, 0.717) is 5.41 Å². The van der Waals surface area contributed by atoms with Crippen molar-refractivity contribution in [2.75, 3.05) is 26.1 Å². The highest BCUT2D eigenvalue weighted by molar-refractivity contribution is 5.60. The van der Waals surface area contributed by atoms with Crippen LogP contribution in [0.3, 0.4) is 0 Å². The highest BCUT2D eigenvalue weighted by atomic mass is 16.5.